The third-order valence-electron chi connectivity index (χ3n) is 3.21. The molecule has 0 bridgehead atoms. The molecule has 0 saturated heterocycles. The highest BCUT2D eigenvalue weighted by molar-refractivity contribution is 7.90. The van der Waals surface area contributed by atoms with Crippen molar-refractivity contribution in [3.05, 3.63) is 70.5 Å². The average molecular weight is 342 g/mol. The molecule has 0 aliphatic carbocycles. The smallest absolute Gasteiger partial charge is 0.149 e. The topological polar surface area (TPSA) is 46.2 Å². The lowest BCUT2D eigenvalue weighted by molar-refractivity contribution is 0.550. The summed E-state index contributed by atoms with van der Waals surface area (Å²) in [5.74, 6) is -0.479. The van der Waals surface area contributed by atoms with E-state index < -0.39 is 15.7 Å². The fourth-order valence-corrected chi connectivity index (χ4v) is 3.27. The van der Waals surface area contributed by atoms with Crippen LogP contribution < -0.4 is 5.32 Å². The van der Waals surface area contributed by atoms with Gasteiger partial charge in [-0.25, -0.2) is 12.8 Å². The van der Waals surface area contributed by atoms with Gasteiger partial charge in [-0.2, -0.15) is 0 Å². The van der Waals surface area contributed by atoms with Crippen LogP contribution >= 0.6 is 11.6 Å². The van der Waals surface area contributed by atoms with Crippen LogP contribution in [0.2, 0.25) is 5.02 Å². The molecule has 2 rings (SSSR count). The van der Waals surface area contributed by atoms with Crippen LogP contribution in [0.25, 0.3) is 0 Å². The van der Waals surface area contributed by atoms with E-state index in [-0.39, 0.29) is 16.8 Å². The highest BCUT2D eigenvalue weighted by Gasteiger charge is 2.17. The molecule has 0 unspecified atom stereocenters. The molecule has 22 heavy (non-hydrogen) atoms. The zero-order valence-corrected chi connectivity index (χ0v) is 13.7. The zero-order valence-electron chi connectivity index (χ0n) is 12.1. The summed E-state index contributed by atoms with van der Waals surface area (Å²) in [5, 5.41) is 3.25. The van der Waals surface area contributed by atoms with Crippen molar-refractivity contribution in [3.8, 4) is 0 Å². The maximum Gasteiger partial charge on any atom is 0.149 e. The average Bonchev–Trinajstić information content (AvgIpc) is 2.47. The van der Waals surface area contributed by atoms with E-state index in [4.69, 9.17) is 11.6 Å². The summed E-state index contributed by atoms with van der Waals surface area (Å²) in [6.45, 7) is 0.398. The number of rotatable bonds is 6. The first-order chi connectivity index (χ1) is 10.3. The number of benzene rings is 2. The quantitative estimate of drug-likeness (QED) is 0.876. The second kappa shape index (κ2) is 7.22. The maximum atomic E-state index is 13.2. The number of hydrogen-bond donors (Lipinski definition) is 1. The molecule has 1 N–H and O–H groups in total. The van der Waals surface area contributed by atoms with Crippen LogP contribution in [-0.2, 0) is 16.4 Å². The number of nitrogens with one attached hydrogen (secondary N) is 1. The fraction of sp³-hybridized carbons (Fsp3) is 0.250. The Morgan fingerprint density at radius 2 is 1.86 bits per heavy atom. The van der Waals surface area contributed by atoms with Crippen molar-refractivity contribution >= 4 is 21.4 Å². The van der Waals surface area contributed by atoms with Gasteiger partial charge in [0.15, 0.2) is 0 Å². The van der Waals surface area contributed by atoms with Crippen molar-refractivity contribution in [2.45, 2.75) is 12.6 Å². The number of sulfone groups is 1. The van der Waals surface area contributed by atoms with Gasteiger partial charge in [-0.3, -0.25) is 0 Å². The Kier molecular flexibility index (Phi) is 5.56. The van der Waals surface area contributed by atoms with E-state index in [0.717, 1.165) is 11.1 Å². The van der Waals surface area contributed by atoms with Crippen LogP contribution in [0.5, 0.6) is 0 Å². The molecule has 0 radical (unpaired) electrons. The molecule has 0 spiro atoms. The molecule has 0 aliphatic rings. The van der Waals surface area contributed by atoms with Crippen molar-refractivity contribution in [1.82, 2.24) is 5.32 Å². The first-order valence-corrected chi connectivity index (χ1v) is 9.19. The molecule has 2 aromatic carbocycles. The lowest BCUT2D eigenvalue weighted by Gasteiger charge is -2.18. The van der Waals surface area contributed by atoms with Crippen LogP contribution in [0.3, 0.4) is 0 Å². The second-order valence-corrected chi connectivity index (χ2v) is 7.78. The monoisotopic (exact) mass is 341 g/mol. The molecule has 1 atom stereocenters. The number of halogens is 2. The lowest BCUT2D eigenvalue weighted by Crippen LogP contribution is -2.27. The summed E-state index contributed by atoms with van der Waals surface area (Å²) in [6, 6.07) is 13.5. The van der Waals surface area contributed by atoms with Crippen LogP contribution in [0, 0.1) is 5.82 Å². The molecule has 0 amide bonds. The molecule has 0 heterocycles. The molecule has 6 heteroatoms. The lowest BCUT2D eigenvalue weighted by atomic mass is 10.1. The fourth-order valence-electron chi connectivity index (χ4n) is 2.15. The first kappa shape index (κ1) is 16.9. The normalized spacial score (nSPS) is 13.0. The van der Waals surface area contributed by atoms with E-state index in [1.54, 1.807) is 6.07 Å². The summed E-state index contributed by atoms with van der Waals surface area (Å²) in [7, 11) is -3.14. The minimum absolute atomic E-state index is 0.00800. The van der Waals surface area contributed by atoms with Crippen LogP contribution in [0.15, 0.2) is 48.5 Å². The molecule has 2 aromatic rings. The zero-order chi connectivity index (χ0) is 16.2. The molecule has 0 fully saturated rings. The first-order valence-electron chi connectivity index (χ1n) is 6.75. The minimum Gasteiger partial charge on any atom is -0.305 e. The number of hydrogen-bond acceptors (Lipinski definition) is 3. The van der Waals surface area contributed by atoms with E-state index in [0.29, 0.717) is 6.54 Å². The van der Waals surface area contributed by atoms with E-state index >= 15 is 0 Å². The van der Waals surface area contributed by atoms with E-state index in [9.17, 15) is 12.8 Å². The van der Waals surface area contributed by atoms with E-state index in [1.807, 2.05) is 30.3 Å². The molecular formula is C16H17ClFNO2S. The van der Waals surface area contributed by atoms with E-state index in [1.165, 1.54) is 18.4 Å². The summed E-state index contributed by atoms with van der Waals surface area (Å²) < 4.78 is 36.4. The summed E-state index contributed by atoms with van der Waals surface area (Å²) in [5.41, 5.74) is 1.68. The molecular weight excluding hydrogens is 325 g/mol. The summed E-state index contributed by atoms with van der Waals surface area (Å²) in [6.07, 6.45) is 1.21. The SMILES string of the molecule is CS(=O)(=O)C[C@@H](NCc1ccc(F)c(Cl)c1)c1ccccc1. The van der Waals surface area contributed by atoms with Gasteiger partial charge in [-0.1, -0.05) is 48.0 Å². The highest BCUT2D eigenvalue weighted by atomic mass is 35.5. The Balaban J connectivity index is 2.14. The predicted molar refractivity (Wildman–Crippen MR) is 87.1 cm³/mol. The van der Waals surface area contributed by atoms with Gasteiger partial charge in [0.25, 0.3) is 0 Å². The molecule has 0 aromatic heterocycles. The standard InChI is InChI=1S/C16H17ClFNO2S/c1-22(20,21)11-16(13-5-3-2-4-6-13)19-10-12-7-8-15(18)14(17)9-12/h2-9,16,19H,10-11H2,1H3/t16-/m1/s1. The van der Waals surface area contributed by atoms with E-state index in [2.05, 4.69) is 5.32 Å². The van der Waals surface area contributed by atoms with Crippen LogP contribution in [-0.4, -0.2) is 20.4 Å². The highest BCUT2D eigenvalue weighted by Crippen LogP contribution is 2.18. The Morgan fingerprint density at radius 3 is 2.45 bits per heavy atom. The third-order valence-corrected chi connectivity index (χ3v) is 4.44. The molecule has 0 saturated carbocycles. The van der Waals surface area contributed by atoms with Crippen molar-refractivity contribution in [2.75, 3.05) is 12.0 Å². The largest absolute Gasteiger partial charge is 0.305 e. The van der Waals surface area contributed by atoms with Crippen LogP contribution in [0.1, 0.15) is 17.2 Å². The van der Waals surface area contributed by atoms with Crippen molar-refractivity contribution < 1.29 is 12.8 Å². The maximum absolute atomic E-state index is 13.2. The predicted octanol–water partition coefficient (Wildman–Crippen LogP) is 3.35. The van der Waals surface area contributed by atoms with Crippen LogP contribution in [0.4, 0.5) is 4.39 Å². The molecule has 0 aliphatic heterocycles. The van der Waals surface area contributed by atoms with Gasteiger partial charge in [0.2, 0.25) is 0 Å². The van der Waals surface area contributed by atoms with Crippen molar-refractivity contribution in [1.29, 1.82) is 0 Å². The molecule has 118 valence electrons. The van der Waals surface area contributed by atoms with Crippen molar-refractivity contribution in [2.24, 2.45) is 0 Å². The third kappa shape index (κ3) is 5.09. The van der Waals surface area contributed by atoms with Gasteiger partial charge in [0, 0.05) is 18.8 Å². The van der Waals surface area contributed by atoms with Gasteiger partial charge >= 0.3 is 0 Å². The van der Waals surface area contributed by atoms with Crippen molar-refractivity contribution in [3.63, 3.8) is 0 Å². The Hall–Kier alpha value is -1.43. The van der Waals surface area contributed by atoms with Gasteiger partial charge < -0.3 is 5.32 Å². The van der Waals surface area contributed by atoms with Gasteiger partial charge in [-0.05, 0) is 23.3 Å². The van der Waals surface area contributed by atoms with Gasteiger partial charge in [-0.15, -0.1) is 0 Å². The second-order valence-electron chi connectivity index (χ2n) is 5.19. The Bertz CT molecular complexity index is 735. The van der Waals surface area contributed by atoms with Gasteiger partial charge in [0.1, 0.15) is 15.7 Å². The Labute approximate surface area is 135 Å². The summed E-state index contributed by atoms with van der Waals surface area (Å²) in [4.78, 5) is 0. The molecule has 3 nitrogen and oxygen atoms in total. The Morgan fingerprint density at radius 1 is 1.18 bits per heavy atom. The summed E-state index contributed by atoms with van der Waals surface area (Å²) >= 11 is 5.75. The van der Waals surface area contributed by atoms with Gasteiger partial charge in [0.05, 0.1) is 10.8 Å². The minimum atomic E-state index is -3.14.